The lowest BCUT2D eigenvalue weighted by atomic mass is 9.87. The van der Waals surface area contributed by atoms with Crippen LogP contribution in [0.3, 0.4) is 0 Å². The fourth-order valence-electron chi connectivity index (χ4n) is 2.24. The first-order chi connectivity index (χ1) is 11.2. The predicted molar refractivity (Wildman–Crippen MR) is 92.7 cm³/mol. The molecule has 126 valence electrons. The molecule has 0 saturated carbocycles. The molecule has 0 fully saturated rings. The Morgan fingerprint density at radius 3 is 2.25 bits per heavy atom. The SMILES string of the molecule is COc1ccc([N+](=O)[O-])cc1C(=O)Nc1ccc(C(C)(C)C)cc1. The Kier molecular flexibility index (Phi) is 4.87. The van der Waals surface area contributed by atoms with Crippen LogP contribution in [0.5, 0.6) is 5.75 Å². The number of nitro benzene ring substituents is 1. The summed E-state index contributed by atoms with van der Waals surface area (Å²) in [6, 6.07) is 11.4. The summed E-state index contributed by atoms with van der Waals surface area (Å²) in [4.78, 5) is 22.8. The van der Waals surface area contributed by atoms with Crippen LogP contribution in [0.15, 0.2) is 42.5 Å². The Bertz CT molecular complexity index is 762. The third-order valence-electron chi connectivity index (χ3n) is 3.65. The van der Waals surface area contributed by atoms with E-state index in [1.165, 1.54) is 25.3 Å². The largest absolute Gasteiger partial charge is 0.496 e. The molecule has 0 radical (unpaired) electrons. The monoisotopic (exact) mass is 328 g/mol. The summed E-state index contributed by atoms with van der Waals surface area (Å²) in [5.74, 6) is -0.177. The van der Waals surface area contributed by atoms with E-state index in [4.69, 9.17) is 4.74 Å². The first kappa shape index (κ1) is 17.5. The topological polar surface area (TPSA) is 81.5 Å². The van der Waals surface area contributed by atoms with Crippen LogP contribution in [-0.4, -0.2) is 17.9 Å². The van der Waals surface area contributed by atoms with Gasteiger partial charge in [-0.15, -0.1) is 0 Å². The van der Waals surface area contributed by atoms with E-state index in [2.05, 4.69) is 26.1 Å². The Morgan fingerprint density at radius 2 is 1.75 bits per heavy atom. The smallest absolute Gasteiger partial charge is 0.270 e. The van der Waals surface area contributed by atoms with Gasteiger partial charge in [-0.3, -0.25) is 14.9 Å². The lowest BCUT2D eigenvalue weighted by molar-refractivity contribution is -0.384. The van der Waals surface area contributed by atoms with Crippen LogP contribution < -0.4 is 10.1 Å². The minimum absolute atomic E-state index is 0.0196. The van der Waals surface area contributed by atoms with Gasteiger partial charge in [0.05, 0.1) is 17.6 Å². The summed E-state index contributed by atoms with van der Waals surface area (Å²) in [7, 11) is 1.41. The minimum Gasteiger partial charge on any atom is -0.496 e. The maximum atomic E-state index is 12.4. The molecule has 2 rings (SSSR count). The standard InChI is InChI=1S/C18H20N2O4/c1-18(2,3)12-5-7-13(8-6-12)19-17(21)15-11-14(20(22)23)9-10-16(15)24-4/h5-11H,1-4H3,(H,19,21). The molecule has 1 amide bonds. The van der Waals surface area contributed by atoms with E-state index in [1.54, 1.807) is 0 Å². The van der Waals surface area contributed by atoms with E-state index in [-0.39, 0.29) is 22.4 Å². The van der Waals surface area contributed by atoms with Gasteiger partial charge in [0, 0.05) is 17.8 Å². The highest BCUT2D eigenvalue weighted by Crippen LogP contribution is 2.26. The number of ether oxygens (including phenoxy) is 1. The second kappa shape index (κ2) is 6.70. The normalized spacial score (nSPS) is 11.0. The minimum atomic E-state index is -0.547. The van der Waals surface area contributed by atoms with Gasteiger partial charge in [0.25, 0.3) is 11.6 Å². The summed E-state index contributed by atoms with van der Waals surface area (Å²) in [5.41, 5.74) is 1.73. The van der Waals surface area contributed by atoms with Gasteiger partial charge in [0.15, 0.2) is 0 Å². The molecule has 0 aromatic heterocycles. The van der Waals surface area contributed by atoms with Crippen LogP contribution in [0.4, 0.5) is 11.4 Å². The Hall–Kier alpha value is -2.89. The van der Waals surface area contributed by atoms with Crippen molar-refractivity contribution in [3.8, 4) is 5.75 Å². The molecule has 0 bridgehead atoms. The molecule has 0 aliphatic carbocycles. The van der Waals surface area contributed by atoms with Crippen molar-refractivity contribution in [1.29, 1.82) is 0 Å². The molecule has 24 heavy (non-hydrogen) atoms. The molecule has 1 N–H and O–H groups in total. The van der Waals surface area contributed by atoms with E-state index in [0.29, 0.717) is 5.69 Å². The van der Waals surface area contributed by atoms with Crippen molar-refractivity contribution in [3.63, 3.8) is 0 Å². The lowest BCUT2D eigenvalue weighted by Gasteiger charge is -2.19. The Balaban J connectivity index is 2.26. The second-order valence-corrected chi connectivity index (χ2v) is 6.42. The van der Waals surface area contributed by atoms with Gasteiger partial charge < -0.3 is 10.1 Å². The van der Waals surface area contributed by atoms with Crippen molar-refractivity contribution < 1.29 is 14.5 Å². The molecule has 0 heterocycles. The van der Waals surface area contributed by atoms with Crippen LogP contribution in [0.2, 0.25) is 0 Å². The fourth-order valence-corrected chi connectivity index (χ4v) is 2.24. The molecular weight excluding hydrogens is 308 g/mol. The molecule has 0 aliphatic rings. The van der Waals surface area contributed by atoms with E-state index < -0.39 is 10.8 Å². The molecule has 2 aromatic rings. The zero-order chi connectivity index (χ0) is 17.9. The summed E-state index contributed by atoms with van der Waals surface area (Å²) in [6.45, 7) is 6.32. The summed E-state index contributed by atoms with van der Waals surface area (Å²) in [5, 5.41) is 13.6. The number of hydrogen-bond donors (Lipinski definition) is 1. The van der Waals surface area contributed by atoms with Crippen LogP contribution >= 0.6 is 0 Å². The Morgan fingerprint density at radius 1 is 1.12 bits per heavy atom. The number of hydrogen-bond acceptors (Lipinski definition) is 4. The molecule has 0 aliphatic heterocycles. The number of rotatable bonds is 4. The van der Waals surface area contributed by atoms with E-state index in [9.17, 15) is 14.9 Å². The summed E-state index contributed by atoms with van der Waals surface area (Å²) in [6.07, 6.45) is 0. The number of nitrogens with zero attached hydrogens (tertiary/aromatic N) is 1. The van der Waals surface area contributed by atoms with Crippen molar-refractivity contribution in [1.82, 2.24) is 0 Å². The number of carbonyl (C=O) groups is 1. The highest BCUT2D eigenvalue weighted by atomic mass is 16.6. The van der Waals surface area contributed by atoms with Gasteiger partial charge in [0.1, 0.15) is 5.75 Å². The number of non-ortho nitro benzene ring substituents is 1. The Labute approximate surface area is 140 Å². The molecule has 2 aromatic carbocycles. The number of carbonyl (C=O) groups excluding carboxylic acids is 1. The van der Waals surface area contributed by atoms with Crippen LogP contribution in [0, 0.1) is 10.1 Å². The zero-order valence-electron chi connectivity index (χ0n) is 14.1. The van der Waals surface area contributed by atoms with Crippen LogP contribution in [0.1, 0.15) is 36.7 Å². The van der Waals surface area contributed by atoms with Gasteiger partial charge in [-0.05, 0) is 29.2 Å². The average Bonchev–Trinajstić information content (AvgIpc) is 2.53. The summed E-state index contributed by atoms with van der Waals surface area (Å²) < 4.78 is 5.12. The number of nitrogens with one attached hydrogen (secondary N) is 1. The van der Waals surface area contributed by atoms with Gasteiger partial charge >= 0.3 is 0 Å². The second-order valence-electron chi connectivity index (χ2n) is 6.42. The molecular formula is C18H20N2O4. The molecule has 6 heteroatoms. The van der Waals surface area contributed by atoms with Gasteiger partial charge in [-0.1, -0.05) is 32.9 Å². The van der Waals surface area contributed by atoms with Crippen molar-refractivity contribution in [2.24, 2.45) is 0 Å². The van der Waals surface area contributed by atoms with Crippen molar-refractivity contribution >= 4 is 17.3 Å². The quantitative estimate of drug-likeness (QED) is 0.675. The molecule has 6 nitrogen and oxygen atoms in total. The van der Waals surface area contributed by atoms with Crippen molar-refractivity contribution in [3.05, 3.63) is 63.7 Å². The number of anilines is 1. The van der Waals surface area contributed by atoms with E-state index in [1.807, 2.05) is 24.3 Å². The van der Waals surface area contributed by atoms with Crippen molar-refractivity contribution in [2.75, 3.05) is 12.4 Å². The van der Waals surface area contributed by atoms with Gasteiger partial charge in [-0.2, -0.15) is 0 Å². The van der Waals surface area contributed by atoms with Crippen LogP contribution in [0.25, 0.3) is 0 Å². The van der Waals surface area contributed by atoms with E-state index in [0.717, 1.165) is 5.56 Å². The molecule has 0 spiro atoms. The highest BCUT2D eigenvalue weighted by Gasteiger charge is 2.18. The fraction of sp³-hybridized carbons (Fsp3) is 0.278. The maximum absolute atomic E-state index is 12.4. The maximum Gasteiger partial charge on any atom is 0.270 e. The number of benzene rings is 2. The van der Waals surface area contributed by atoms with Crippen LogP contribution in [-0.2, 0) is 5.41 Å². The average molecular weight is 328 g/mol. The third kappa shape index (κ3) is 3.90. The number of amides is 1. The zero-order valence-corrected chi connectivity index (χ0v) is 14.1. The number of nitro groups is 1. The first-order valence-electron chi connectivity index (χ1n) is 7.46. The lowest BCUT2D eigenvalue weighted by Crippen LogP contribution is -2.14. The molecule has 0 atom stereocenters. The molecule has 0 unspecified atom stereocenters. The van der Waals surface area contributed by atoms with Crippen molar-refractivity contribution in [2.45, 2.75) is 26.2 Å². The summed E-state index contributed by atoms with van der Waals surface area (Å²) >= 11 is 0. The first-order valence-corrected chi connectivity index (χ1v) is 7.46. The third-order valence-corrected chi connectivity index (χ3v) is 3.65. The van der Waals surface area contributed by atoms with Gasteiger partial charge in [-0.25, -0.2) is 0 Å². The van der Waals surface area contributed by atoms with Gasteiger partial charge in [0.2, 0.25) is 0 Å². The van der Waals surface area contributed by atoms with E-state index >= 15 is 0 Å². The number of methoxy groups -OCH3 is 1. The highest BCUT2D eigenvalue weighted by molar-refractivity contribution is 6.06. The molecule has 0 saturated heterocycles. The predicted octanol–water partition coefficient (Wildman–Crippen LogP) is 4.15.